The van der Waals surface area contributed by atoms with Crippen molar-refractivity contribution in [2.75, 3.05) is 7.05 Å². The average Bonchev–Trinajstić information content (AvgIpc) is 3.28. The standard InChI is InChI=1S/C32H24FN4O2/c1-37(29-19-18-27(36(38)39)21-28(29)31(35-37)23-17-20-30(33)34-22-23)32(24-11-5-2-6-12-24,25-13-7-3-8-14-25)26-15-9-4-10-16-26/h2-22H,1H3/q+1. The van der Waals surface area contributed by atoms with Crippen LogP contribution in [0.4, 0.5) is 15.8 Å². The second-order valence-corrected chi connectivity index (χ2v) is 9.54. The van der Waals surface area contributed by atoms with Crippen LogP contribution in [0.15, 0.2) is 133 Å². The molecule has 0 radical (unpaired) electrons. The Hall–Kier alpha value is -5.01. The fourth-order valence-corrected chi connectivity index (χ4v) is 5.79. The smallest absolute Gasteiger partial charge is 0.258 e. The summed E-state index contributed by atoms with van der Waals surface area (Å²) in [5, 5.41) is 17.2. The Morgan fingerprint density at radius 3 is 1.77 bits per heavy atom. The topological polar surface area (TPSA) is 68.4 Å². The van der Waals surface area contributed by atoms with E-state index in [2.05, 4.69) is 41.4 Å². The van der Waals surface area contributed by atoms with Crippen LogP contribution in [0.25, 0.3) is 0 Å². The number of halogens is 1. The highest BCUT2D eigenvalue weighted by Gasteiger charge is 2.59. The summed E-state index contributed by atoms with van der Waals surface area (Å²) in [5.74, 6) is -0.610. The van der Waals surface area contributed by atoms with Crippen LogP contribution in [0.5, 0.6) is 0 Å². The molecule has 4 aromatic carbocycles. The quantitative estimate of drug-likeness (QED) is 0.0819. The number of fused-ring (bicyclic) bond motifs is 1. The fourth-order valence-electron chi connectivity index (χ4n) is 5.79. The molecule has 0 aliphatic carbocycles. The number of pyridine rings is 1. The van der Waals surface area contributed by atoms with Crippen LogP contribution in [0.1, 0.15) is 27.8 Å². The minimum atomic E-state index is -0.885. The molecular formula is C32H24FN4O2+. The van der Waals surface area contributed by atoms with Crippen molar-refractivity contribution < 1.29 is 9.31 Å². The van der Waals surface area contributed by atoms with E-state index in [-0.39, 0.29) is 10.3 Å². The van der Waals surface area contributed by atoms with Crippen LogP contribution >= 0.6 is 0 Å². The van der Waals surface area contributed by atoms with E-state index in [1.54, 1.807) is 18.2 Å². The van der Waals surface area contributed by atoms with Gasteiger partial charge in [-0.15, -0.1) is 0 Å². The van der Waals surface area contributed by atoms with E-state index in [1.807, 2.05) is 61.6 Å². The van der Waals surface area contributed by atoms with Crippen molar-refractivity contribution in [3.05, 3.63) is 171 Å². The minimum absolute atomic E-state index is 0.00504. The Morgan fingerprint density at radius 1 is 0.769 bits per heavy atom. The Bertz CT molecular complexity index is 1600. The third-order valence-corrected chi connectivity index (χ3v) is 7.44. The summed E-state index contributed by atoms with van der Waals surface area (Å²) < 4.78 is 13.8. The van der Waals surface area contributed by atoms with Gasteiger partial charge in [-0.3, -0.25) is 10.1 Å². The van der Waals surface area contributed by atoms with Crippen LogP contribution in [0.2, 0.25) is 0 Å². The molecule has 0 amide bonds. The first-order valence-corrected chi connectivity index (χ1v) is 12.5. The van der Waals surface area contributed by atoms with Gasteiger partial charge in [0.05, 0.1) is 17.5 Å². The number of nitro benzene ring substituents is 1. The first-order chi connectivity index (χ1) is 18.9. The summed E-state index contributed by atoms with van der Waals surface area (Å²) >= 11 is 0. The van der Waals surface area contributed by atoms with Crippen molar-refractivity contribution in [2.45, 2.75) is 5.54 Å². The molecule has 5 aromatic rings. The third-order valence-electron chi connectivity index (χ3n) is 7.44. The summed E-state index contributed by atoms with van der Waals surface area (Å²) in [6.07, 6.45) is 1.42. The van der Waals surface area contributed by atoms with E-state index < -0.39 is 16.4 Å². The maximum Gasteiger partial charge on any atom is 0.270 e. The number of quaternary nitrogens is 1. The van der Waals surface area contributed by atoms with Crippen molar-refractivity contribution >= 4 is 17.1 Å². The Balaban J connectivity index is 1.77. The number of non-ortho nitro benzene ring substituents is 1. The fraction of sp³-hybridized carbons (Fsp3) is 0.0625. The summed E-state index contributed by atoms with van der Waals surface area (Å²) in [6.45, 7) is 0. The van der Waals surface area contributed by atoms with Gasteiger partial charge in [0.15, 0.2) is 5.69 Å². The first kappa shape index (κ1) is 24.3. The van der Waals surface area contributed by atoms with Crippen LogP contribution in [0.3, 0.4) is 0 Å². The number of benzene rings is 4. The average molecular weight is 516 g/mol. The molecule has 1 unspecified atom stereocenters. The molecule has 1 aromatic heterocycles. The van der Waals surface area contributed by atoms with E-state index in [0.29, 0.717) is 16.8 Å². The summed E-state index contributed by atoms with van der Waals surface area (Å²) in [5.41, 5.74) is 4.52. The monoisotopic (exact) mass is 515 g/mol. The maximum atomic E-state index is 13.8. The molecule has 6 nitrogen and oxygen atoms in total. The molecule has 0 bridgehead atoms. The SMILES string of the molecule is C[N+]1(C(c2ccccc2)(c2ccccc2)c2ccccc2)N=C(c2ccc(F)nc2)c2cc([N+](=O)[O-])ccc21. The predicted octanol–water partition coefficient (Wildman–Crippen LogP) is 6.82. The van der Waals surface area contributed by atoms with Crippen LogP contribution in [-0.2, 0) is 5.54 Å². The molecule has 1 atom stereocenters. The molecule has 39 heavy (non-hydrogen) atoms. The Kier molecular flexibility index (Phi) is 5.85. The lowest BCUT2D eigenvalue weighted by Crippen LogP contribution is -2.58. The zero-order valence-electron chi connectivity index (χ0n) is 21.1. The van der Waals surface area contributed by atoms with Crippen molar-refractivity contribution in [3.63, 3.8) is 0 Å². The highest BCUT2D eigenvalue weighted by Crippen LogP contribution is 2.53. The summed E-state index contributed by atoms with van der Waals surface area (Å²) in [4.78, 5) is 15.2. The minimum Gasteiger partial charge on any atom is -0.258 e. The molecule has 1 aliphatic heterocycles. The number of rotatable bonds is 6. The van der Waals surface area contributed by atoms with E-state index in [0.717, 1.165) is 22.4 Å². The number of nitrogens with zero attached hydrogens (tertiary/aromatic N) is 4. The van der Waals surface area contributed by atoms with E-state index in [9.17, 15) is 14.5 Å². The van der Waals surface area contributed by atoms with Crippen molar-refractivity contribution in [1.29, 1.82) is 0 Å². The van der Waals surface area contributed by atoms with Crippen LogP contribution < -0.4 is 4.59 Å². The molecule has 2 heterocycles. The lowest BCUT2D eigenvalue weighted by molar-refractivity contribution is -0.384. The molecule has 7 heteroatoms. The van der Waals surface area contributed by atoms with Gasteiger partial charge in [0.2, 0.25) is 11.5 Å². The summed E-state index contributed by atoms with van der Waals surface area (Å²) in [7, 11) is 2.02. The number of aromatic nitrogens is 1. The zero-order valence-corrected chi connectivity index (χ0v) is 21.1. The molecule has 0 N–H and O–H groups in total. The van der Waals surface area contributed by atoms with E-state index in [4.69, 9.17) is 5.10 Å². The van der Waals surface area contributed by atoms with Crippen molar-refractivity contribution in [1.82, 2.24) is 9.58 Å². The number of nitro groups is 1. The van der Waals surface area contributed by atoms with Gasteiger partial charge >= 0.3 is 0 Å². The van der Waals surface area contributed by atoms with Gasteiger partial charge < -0.3 is 0 Å². The van der Waals surface area contributed by atoms with Gasteiger partial charge in [-0.2, -0.15) is 8.98 Å². The molecule has 6 rings (SSSR count). The molecular weight excluding hydrogens is 491 g/mol. The van der Waals surface area contributed by atoms with Gasteiger partial charge in [-0.05, 0) is 12.1 Å². The van der Waals surface area contributed by atoms with Crippen LogP contribution in [-0.4, -0.2) is 22.7 Å². The molecule has 0 spiro atoms. The van der Waals surface area contributed by atoms with Crippen LogP contribution in [0, 0.1) is 16.1 Å². The van der Waals surface area contributed by atoms with E-state index in [1.165, 1.54) is 18.3 Å². The molecule has 1 aliphatic rings. The normalized spacial score (nSPS) is 16.4. The van der Waals surface area contributed by atoms with Gasteiger partial charge in [-0.1, -0.05) is 96.1 Å². The zero-order chi connectivity index (χ0) is 27.0. The maximum absolute atomic E-state index is 13.8. The van der Waals surface area contributed by atoms with Crippen molar-refractivity contribution in [3.8, 4) is 0 Å². The molecule has 0 saturated carbocycles. The van der Waals surface area contributed by atoms with Gasteiger partial charge in [-0.25, -0.2) is 4.98 Å². The highest BCUT2D eigenvalue weighted by molar-refractivity contribution is 6.18. The molecule has 0 fully saturated rings. The number of hydrogen-bond acceptors (Lipinski definition) is 4. The van der Waals surface area contributed by atoms with Gasteiger partial charge in [0.1, 0.15) is 5.71 Å². The van der Waals surface area contributed by atoms with E-state index >= 15 is 0 Å². The molecule has 0 saturated heterocycles. The Labute approximate surface area is 225 Å². The lowest BCUT2D eigenvalue weighted by Gasteiger charge is -2.45. The first-order valence-electron chi connectivity index (χ1n) is 12.5. The van der Waals surface area contributed by atoms with Gasteiger partial charge in [0.25, 0.3) is 5.69 Å². The highest BCUT2D eigenvalue weighted by atomic mass is 19.1. The predicted molar refractivity (Wildman–Crippen MR) is 150 cm³/mol. The third kappa shape index (κ3) is 3.74. The Morgan fingerprint density at radius 2 is 1.31 bits per heavy atom. The summed E-state index contributed by atoms with van der Waals surface area (Å²) in [6, 6.07) is 38.2. The number of hydrogen-bond donors (Lipinski definition) is 0. The second kappa shape index (κ2) is 9.38. The largest absolute Gasteiger partial charge is 0.270 e. The van der Waals surface area contributed by atoms with Crippen molar-refractivity contribution in [2.24, 2.45) is 5.10 Å². The molecule has 190 valence electrons. The lowest BCUT2D eigenvalue weighted by atomic mass is 9.74. The second-order valence-electron chi connectivity index (χ2n) is 9.54. The van der Waals surface area contributed by atoms with Gasteiger partial charge in [0, 0.05) is 46.6 Å².